The molecule has 0 aliphatic carbocycles. The highest BCUT2D eigenvalue weighted by atomic mass is 14.3. The molecular weight excluding hydrogens is 144 g/mol. The quantitative estimate of drug-likeness (QED) is 0.515. The summed E-state index contributed by atoms with van der Waals surface area (Å²) in [4.78, 5) is 0. The molecule has 0 rings (SSSR count). The molecule has 1 atom stereocenters. The molecule has 0 spiro atoms. The first-order valence-electron chi connectivity index (χ1n) is 5.30. The van der Waals surface area contributed by atoms with Gasteiger partial charge < -0.3 is 0 Å². The van der Waals surface area contributed by atoms with Crippen LogP contribution in [0.25, 0.3) is 0 Å². The molecule has 0 aliphatic rings. The highest BCUT2D eigenvalue weighted by Gasteiger charge is 2.28. The van der Waals surface area contributed by atoms with E-state index in [1.54, 1.807) is 0 Å². The molecule has 12 heavy (non-hydrogen) atoms. The van der Waals surface area contributed by atoms with Gasteiger partial charge in [-0.05, 0) is 24.2 Å². The van der Waals surface area contributed by atoms with Crippen molar-refractivity contribution in [3.8, 4) is 0 Å². The Hall–Kier alpha value is -0.260. The Balaban J connectivity index is 4.35. The second-order valence-electron chi connectivity index (χ2n) is 3.83. The van der Waals surface area contributed by atoms with Gasteiger partial charge in [0, 0.05) is 0 Å². The van der Waals surface area contributed by atoms with Crippen molar-refractivity contribution >= 4 is 0 Å². The molecule has 0 aliphatic heterocycles. The Morgan fingerprint density at radius 3 is 2.00 bits per heavy atom. The average molecular weight is 168 g/mol. The molecule has 0 amide bonds. The van der Waals surface area contributed by atoms with Crippen LogP contribution in [0.5, 0.6) is 0 Å². The van der Waals surface area contributed by atoms with Gasteiger partial charge in [-0.25, -0.2) is 0 Å². The van der Waals surface area contributed by atoms with Gasteiger partial charge in [0.05, 0.1) is 0 Å². The van der Waals surface area contributed by atoms with E-state index in [9.17, 15) is 0 Å². The van der Waals surface area contributed by atoms with Gasteiger partial charge >= 0.3 is 0 Å². The molecule has 0 aromatic rings. The maximum atomic E-state index is 3.98. The predicted octanol–water partition coefficient (Wildman–Crippen LogP) is 4.42. The van der Waals surface area contributed by atoms with E-state index >= 15 is 0 Å². The SMILES string of the molecule is C=CC(CC)(CC)C(C)CCC. The van der Waals surface area contributed by atoms with Gasteiger partial charge in [-0.15, -0.1) is 6.58 Å². The van der Waals surface area contributed by atoms with Gasteiger partial charge in [0.15, 0.2) is 0 Å². The number of hydrogen-bond acceptors (Lipinski definition) is 0. The molecule has 0 radical (unpaired) electrons. The lowest BCUT2D eigenvalue weighted by atomic mass is 9.70. The minimum absolute atomic E-state index is 0.399. The zero-order valence-electron chi connectivity index (χ0n) is 9.19. The van der Waals surface area contributed by atoms with Crippen LogP contribution < -0.4 is 0 Å². The molecule has 0 saturated carbocycles. The molecule has 0 fully saturated rings. The van der Waals surface area contributed by atoms with E-state index < -0.39 is 0 Å². The summed E-state index contributed by atoms with van der Waals surface area (Å²) in [5.74, 6) is 0.787. The van der Waals surface area contributed by atoms with Crippen LogP contribution in [0.1, 0.15) is 53.4 Å². The molecule has 0 N–H and O–H groups in total. The number of rotatable bonds is 6. The minimum Gasteiger partial charge on any atom is -0.103 e. The standard InChI is InChI=1S/C12H24/c1-6-10-11(5)12(7-2,8-3)9-4/h7,11H,2,6,8-10H2,1,3-5H3. The van der Waals surface area contributed by atoms with Crippen LogP contribution in [-0.2, 0) is 0 Å². The molecular formula is C12H24. The largest absolute Gasteiger partial charge is 0.103 e. The predicted molar refractivity (Wildman–Crippen MR) is 57.3 cm³/mol. The lowest BCUT2D eigenvalue weighted by molar-refractivity contribution is 0.214. The Labute approximate surface area is 78.1 Å². The second kappa shape index (κ2) is 5.40. The lowest BCUT2D eigenvalue weighted by Crippen LogP contribution is -2.24. The smallest absolute Gasteiger partial charge is 0.0101 e. The maximum Gasteiger partial charge on any atom is -0.0101 e. The van der Waals surface area contributed by atoms with E-state index in [4.69, 9.17) is 0 Å². The summed E-state index contributed by atoms with van der Waals surface area (Å²) in [6, 6.07) is 0. The first kappa shape index (κ1) is 11.7. The third kappa shape index (κ3) is 2.36. The number of hydrogen-bond donors (Lipinski definition) is 0. The average Bonchev–Trinajstić information content (AvgIpc) is 2.09. The fraction of sp³-hybridized carbons (Fsp3) is 0.833. The summed E-state index contributed by atoms with van der Waals surface area (Å²) in [6.07, 6.45) is 7.25. The van der Waals surface area contributed by atoms with Crippen molar-refractivity contribution in [3.05, 3.63) is 12.7 Å². The van der Waals surface area contributed by atoms with E-state index in [0.29, 0.717) is 5.41 Å². The molecule has 0 nitrogen and oxygen atoms in total. The number of allylic oxidation sites excluding steroid dienone is 1. The summed E-state index contributed by atoms with van der Waals surface area (Å²) in [5.41, 5.74) is 0.399. The van der Waals surface area contributed by atoms with Crippen LogP contribution in [-0.4, -0.2) is 0 Å². The monoisotopic (exact) mass is 168 g/mol. The molecule has 0 aromatic carbocycles. The molecule has 72 valence electrons. The zero-order valence-corrected chi connectivity index (χ0v) is 9.19. The van der Waals surface area contributed by atoms with Crippen LogP contribution in [0.15, 0.2) is 12.7 Å². The van der Waals surface area contributed by atoms with E-state index in [2.05, 4.69) is 40.3 Å². The van der Waals surface area contributed by atoms with Gasteiger partial charge in [-0.3, -0.25) is 0 Å². The van der Waals surface area contributed by atoms with Crippen molar-refractivity contribution in [2.24, 2.45) is 11.3 Å². The summed E-state index contributed by atoms with van der Waals surface area (Å²) in [5, 5.41) is 0. The van der Waals surface area contributed by atoms with Gasteiger partial charge in [0.1, 0.15) is 0 Å². The Morgan fingerprint density at radius 1 is 1.25 bits per heavy atom. The first-order valence-corrected chi connectivity index (χ1v) is 5.30. The Bertz CT molecular complexity index is 120. The van der Waals surface area contributed by atoms with Crippen molar-refractivity contribution in [1.82, 2.24) is 0 Å². The fourth-order valence-electron chi connectivity index (χ4n) is 2.16. The van der Waals surface area contributed by atoms with Gasteiger partial charge in [-0.2, -0.15) is 0 Å². The highest BCUT2D eigenvalue weighted by Crippen LogP contribution is 2.38. The van der Waals surface area contributed by atoms with Crippen LogP contribution in [0.3, 0.4) is 0 Å². The normalized spacial score (nSPS) is 14.3. The Kier molecular flexibility index (Phi) is 5.28. The third-order valence-corrected chi connectivity index (χ3v) is 3.43. The third-order valence-electron chi connectivity index (χ3n) is 3.43. The summed E-state index contributed by atoms with van der Waals surface area (Å²) in [6.45, 7) is 13.1. The van der Waals surface area contributed by atoms with E-state index in [1.165, 1.54) is 25.7 Å². The fourth-order valence-corrected chi connectivity index (χ4v) is 2.16. The molecule has 1 unspecified atom stereocenters. The minimum atomic E-state index is 0.399. The lowest BCUT2D eigenvalue weighted by Gasteiger charge is -2.34. The molecule has 0 saturated heterocycles. The summed E-state index contributed by atoms with van der Waals surface area (Å²) in [7, 11) is 0. The van der Waals surface area contributed by atoms with E-state index in [1.807, 2.05) is 0 Å². The van der Waals surface area contributed by atoms with Crippen molar-refractivity contribution in [2.45, 2.75) is 53.4 Å². The highest BCUT2D eigenvalue weighted by molar-refractivity contribution is 4.96. The van der Waals surface area contributed by atoms with Crippen LogP contribution >= 0.6 is 0 Å². The van der Waals surface area contributed by atoms with Crippen molar-refractivity contribution in [1.29, 1.82) is 0 Å². The van der Waals surface area contributed by atoms with Crippen molar-refractivity contribution in [3.63, 3.8) is 0 Å². The molecule has 0 bridgehead atoms. The topological polar surface area (TPSA) is 0 Å². The summed E-state index contributed by atoms with van der Waals surface area (Å²) < 4.78 is 0. The Morgan fingerprint density at radius 2 is 1.75 bits per heavy atom. The first-order chi connectivity index (χ1) is 5.66. The second-order valence-corrected chi connectivity index (χ2v) is 3.83. The van der Waals surface area contributed by atoms with E-state index in [0.717, 1.165) is 5.92 Å². The van der Waals surface area contributed by atoms with Gasteiger partial charge in [0.2, 0.25) is 0 Å². The maximum absolute atomic E-state index is 3.98. The van der Waals surface area contributed by atoms with Gasteiger partial charge in [0.25, 0.3) is 0 Å². The molecule has 0 aromatic heterocycles. The van der Waals surface area contributed by atoms with Crippen molar-refractivity contribution < 1.29 is 0 Å². The van der Waals surface area contributed by atoms with Crippen molar-refractivity contribution in [2.75, 3.05) is 0 Å². The van der Waals surface area contributed by atoms with E-state index in [-0.39, 0.29) is 0 Å². The van der Waals surface area contributed by atoms with Crippen LogP contribution in [0.2, 0.25) is 0 Å². The molecule has 0 heteroatoms. The van der Waals surface area contributed by atoms with Crippen LogP contribution in [0, 0.1) is 11.3 Å². The van der Waals surface area contributed by atoms with Crippen LogP contribution in [0.4, 0.5) is 0 Å². The van der Waals surface area contributed by atoms with Gasteiger partial charge in [-0.1, -0.05) is 46.6 Å². The molecule has 0 heterocycles. The zero-order chi connectivity index (χ0) is 9.61. The summed E-state index contributed by atoms with van der Waals surface area (Å²) >= 11 is 0.